The van der Waals surface area contributed by atoms with E-state index >= 15 is 0 Å². The standard InChI is InChI=1S/C30H27ClN2O5S/c1-4-5-22-14-21(15-25(37-3)28(22)38-18-20-8-10-23(31)11-9-20)16-26-29(35)33(30(36)39-26)17-27(34)32-24-12-6-19(2)7-13-24/h4,6-16H,1,5,17-18H2,2-3H3,(H,32,34)/b26-16-. The van der Waals surface area contributed by atoms with Crippen LogP contribution in [-0.4, -0.2) is 35.6 Å². The lowest BCUT2D eigenvalue weighted by Crippen LogP contribution is -2.36. The van der Waals surface area contributed by atoms with Crippen molar-refractivity contribution >= 4 is 52.2 Å². The molecule has 3 aromatic carbocycles. The van der Waals surface area contributed by atoms with Crippen LogP contribution in [0, 0.1) is 6.92 Å². The molecule has 3 amide bonds. The molecule has 1 heterocycles. The number of nitrogens with one attached hydrogen (secondary N) is 1. The largest absolute Gasteiger partial charge is 0.493 e. The van der Waals surface area contributed by atoms with Crippen molar-refractivity contribution in [1.82, 2.24) is 4.90 Å². The van der Waals surface area contributed by atoms with Gasteiger partial charge in [0.25, 0.3) is 11.1 Å². The molecule has 3 aromatic rings. The minimum Gasteiger partial charge on any atom is -0.493 e. The second-order valence-electron chi connectivity index (χ2n) is 8.80. The first-order valence-electron chi connectivity index (χ1n) is 12.1. The Morgan fingerprint density at radius 1 is 1.10 bits per heavy atom. The minimum atomic E-state index is -0.531. The lowest BCUT2D eigenvalue weighted by molar-refractivity contribution is -0.127. The lowest BCUT2D eigenvalue weighted by Gasteiger charge is -2.16. The molecule has 0 aliphatic carbocycles. The Hall–Kier alpha value is -4.01. The first-order valence-corrected chi connectivity index (χ1v) is 13.3. The van der Waals surface area contributed by atoms with E-state index in [-0.39, 0.29) is 11.4 Å². The van der Waals surface area contributed by atoms with Crippen LogP contribution in [0.3, 0.4) is 0 Å². The predicted molar refractivity (Wildman–Crippen MR) is 155 cm³/mol. The molecule has 1 N–H and O–H groups in total. The molecule has 1 aliphatic heterocycles. The number of benzene rings is 3. The zero-order valence-electron chi connectivity index (χ0n) is 21.5. The van der Waals surface area contributed by atoms with Crippen LogP contribution in [-0.2, 0) is 22.6 Å². The second-order valence-corrected chi connectivity index (χ2v) is 10.2. The molecule has 0 bridgehead atoms. The molecule has 4 rings (SSSR count). The molecular weight excluding hydrogens is 536 g/mol. The van der Waals surface area contributed by atoms with Crippen LogP contribution in [0.4, 0.5) is 10.5 Å². The quantitative estimate of drug-likeness (QED) is 0.220. The molecule has 200 valence electrons. The third-order valence-corrected chi connectivity index (χ3v) is 7.00. The fraction of sp³-hybridized carbons (Fsp3) is 0.167. The molecule has 1 fully saturated rings. The summed E-state index contributed by atoms with van der Waals surface area (Å²) in [7, 11) is 1.53. The summed E-state index contributed by atoms with van der Waals surface area (Å²) in [5, 5.41) is 2.85. The molecule has 7 nitrogen and oxygen atoms in total. The van der Waals surface area contributed by atoms with Crippen LogP contribution in [0.2, 0.25) is 5.02 Å². The Morgan fingerprint density at radius 2 is 1.82 bits per heavy atom. The Balaban J connectivity index is 1.51. The van der Waals surface area contributed by atoms with Gasteiger partial charge in [-0.05, 0) is 78.7 Å². The monoisotopic (exact) mass is 562 g/mol. The maximum Gasteiger partial charge on any atom is 0.294 e. The average Bonchev–Trinajstić information content (AvgIpc) is 3.17. The molecule has 0 spiro atoms. The van der Waals surface area contributed by atoms with E-state index in [2.05, 4.69) is 11.9 Å². The molecule has 0 atom stereocenters. The van der Waals surface area contributed by atoms with Crippen LogP contribution in [0.25, 0.3) is 6.08 Å². The number of nitrogens with zero attached hydrogens (tertiary/aromatic N) is 1. The number of anilines is 1. The highest BCUT2D eigenvalue weighted by Gasteiger charge is 2.36. The summed E-state index contributed by atoms with van der Waals surface area (Å²) in [4.78, 5) is 39.3. The fourth-order valence-electron chi connectivity index (χ4n) is 3.89. The van der Waals surface area contributed by atoms with E-state index < -0.39 is 17.1 Å². The molecular formula is C30H27ClN2O5S. The lowest BCUT2D eigenvalue weighted by atomic mass is 10.0. The SMILES string of the molecule is C=CCc1cc(/C=C2\SC(=O)N(CC(=O)Nc3ccc(C)cc3)C2=O)cc(OC)c1OCc1ccc(Cl)cc1. The van der Waals surface area contributed by atoms with Gasteiger partial charge in [-0.15, -0.1) is 6.58 Å². The van der Waals surface area contributed by atoms with Crippen molar-refractivity contribution in [3.8, 4) is 11.5 Å². The number of amides is 3. The van der Waals surface area contributed by atoms with E-state index in [4.69, 9.17) is 21.1 Å². The first kappa shape index (κ1) is 28.0. The Kier molecular flexibility index (Phi) is 9.11. The van der Waals surface area contributed by atoms with Gasteiger partial charge in [-0.3, -0.25) is 19.3 Å². The molecule has 39 heavy (non-hydrogen) atoms. The van der Waals surface area contributed by atoms with Gasteiger partial charge in [-0.1, -0.05) is 47.5 Å². The highest BCUT2D eigenvalue weighted by Crippen LogP contribution is 2.37. The molecule has 1 aliphatic rings. The Bertz CT molecular complexity index is 1430. The van der Waals surface area contributed by atoms with E-state index in [1.54, 1.807) is 42.5 Å². The normalized spacial score (nSPS) is 14.0. The zero-order valence-corrected chi connectivity index (χ0v) is 23.1. The van der Waals surface area contributed by atoms with Gasteiger partial charge in [0.2, 0.25) is 5.91 Å². The summed E-state index contributed by atoms with van der Waals surface area (Å²) >= 11 is 6.76. The minimum absolute atomic E-state index is 0.213. The van der Waals surface area contributed by atoms with Crippen molar-refractivity contribution in [1.29, 1.82) is 0 Å². The third kappa shape index (κ3) is 7.10. The number of carbonyl (C=O) groups is 3. The summed E-state index contributed by atoms with van der Waals surface area (Å²) in [6.45, 7) is 5.70. The number of methoxy groups -OCH3 is 1. The topological polar surface area (TPSA) is 84.9 Å². The van der Waals surface area contributed by atoms with E-state index in [1.807, 2.05) is 37.3 Å². The van der Waals surface area contributed by atoms with E-state index in [0.717, 1.165) is 33.4 Å². The number of aryl methyl sites for hydroxylation is 1. The maximum absolute atomic E-state index is 13.0. The predicted octanol–water partition coefficient (Wildman–Crippen LogP) is 6.64. The molecule has 0 radical (unpaired) electrons. The molecule has 0 aromatic heterocycles. The van der Waals surface area contributed by atoms with Crippen LogP contribution in [0.5, 0.6) is 11.5 Å². The third-order valence-electron chi connectivity index (χ3n) is 5.84. The fourth-order valence-corrected chi connectivity index (χ4v) is 4.86. The zero-order chi connectivity index (χ0) is 27.9. The smallest absolute Gasteiger partial charge is 0.294 e. The van der Waals surface area contributed by atoms with Crippen LogP contribution in [0.1, 0.15) is 22.3 Å². The van der Waals surface area contributed by atoms with Gasteiger partial charge in [0, 0.05) is 16.3 Å². The van der Waals surface area contributed by atoms with Crippen molar-refractivity contribution < 1.29 is 23.9 Å². The number of imide groups is 1. The van der Waals surface area contributed by atoms with E-state index in [1.165, 1.54) is 7.11 Å². The number of hydrogen-bond donors (Lipinski definition) is 1. The number of ether oxygens (including phenoxy) is 2. The Labute approximate surface area is 236 Å². The summed E-state index contributed by atoms with van der Waals surface area (Å²) in [6.07, 6.45) is 3.85. The van der Waals surface area contributed by atoms with Crippen molar-refractivity contribution in [2.24, 2.45) is 0 Å². The van der Waals surface area contributed by atoms with Gasteiger partial charge < -0.3 is 14.8 Å². The summed E-state index contributed by atoms with van der Waals surface area (Å²) in [6, 6.07) is 18.2. The van der Waals surface area contributed by atoms with Crippen molar-refractivity contribution in [3.63, 3.8) is 0 Å². The highest BCUT2D eigenvalue weighted by molar-refractivity contribution is 8.18. The number of carbonyl (C=O) groups excluding carboxylic acids is 3. The molecule has 9 heteroatoms. The summed E-state index contributed by atoms with van der Waals surface area (Å²) in [5.41, 5.74) is 4.04. The second kappa shape index (κ2) is 12.7. The van der Waals surface area contributed by atoms with Gasteiger partial charge in [0.1, 0.15) is 13.2 Å². The maximum atomic E-state index is 13.0. The van der Waals surface area contributed by atoms with Gasteiger partial charge >= 0.3 is 0 Å². The summed E-state index contributed by atoms with van der Waals surface area (Å²) in [5.74, 6) is 0.0486. The Morgan fingerprint density at radius 3 is 2.49 bits per heavy atom. The number of thioether (sulfide) groups is 1. The van der Waals surface area contributed by atoms with Crippen molar-refractivity contribution in [2.75, 3.05) is 19.0 Å². The molecule has 1 saturated heterocycles. The van der Waals surface area contributed by atoms with Crippen molar-refractivity contribution in [3.05, 3.63) is 106 Å². The summed E-state index contributed by atoms with van der Waals surface area (Å²) < 4.78 is 11.7. The number of allylic oxidation sites excluding steroid dienone is 1. The van der Waals surface area contributed by atoms with E-state index in [9.17, 15) is 14.4 Å². The number of halogens is 1. The van der Waals surface area contributed by atoms with Crippen LogP contribution in [0.15, 0.2) is 78.2 Å². The van der Waals surface area contributed by atoms with Gasteiger partial charge in [0.15, 0.2) is 11.5 Å². The van der Waals surface area contributed by atoms with Gasteiger partial charge in [-0.2, -0.15) is 0 Å². The first-order chi connectivity index (χ1) is 18.8. The average molecular weight is 563 g/mol. The van der Waals surface area contributed by atoms with Crippen LogP contribution < -0.4 is 14.8 Å². The van der Waals surface area contributed by atoms with Gasteiger partial charge in [0.05, 0.1) is 12.0 Å². The highest BCUT2D eigenvalue weighted by atomic mass is 35.5. The molecule has 0 unspecified atom stereocenters. The van der Waals surface area contributed by atoms with Crippen LogP contribution >= 0.6 is 23.4 Å². The number of hydrogen-bond acceptors (Lipinski definition) is 6. The van der Waals surface area contributed by atoms with Crippen molar-refractivity contribution in [2.45, 2.75) is 20.0 Å². The molecule has 0 saturated carbocycles. The number of rotatable bonds is 10. The van der Waals surface area contributed by atoms with E-state index in [0.29, 0.717) is 40.8 Å². The van der Waals surface area contributed by atoms with Gasteiger partial charge in [-0.25, -0.2) is 0 Å².